The largest absolute Gasteiger partial charge is 0.323 e. The first-order valence-corrected chi connectivity index (χ1v) is 8.96. The van der Waals surface area contributed by atoms with Gasteiger partial charge in [0, 0.05) is 5.56 Å². The summed E-state index contributed by atoms with van der Waals surface area (Å²) in [6.07, 6.45) is 0. The van der Waals surface area contributed by atoms with Crippen LogP contribution in [0.2, 0.25) is 0 Å². The zero-order valence-electron chi connectivity index (χ0n) is 12.8. The predicted octanol–water partition coefficient (Wildman–Crippen LogP) is 4.38. The number of nitrogens with zero attached hydrogens (tertiary/aromatic N) is 2. The number of anilines is 1. The van der Waals surface area contributed by atoms with Gasteiger partial charge in [-0.3, -0.25) is 4.79 Å². The van der Waals surface area contributed by atoms with Gasteiger partial charge >= 0.3 is 0 Å². The maximum Gasteiger partial charge on any atom is 0.234 e. The van der Waals surface area contributed by atoms with Crippen molar-refractivity contribution in [3.63, 3.8) is 0 Å². The first kappa shape index (κ1) is 16.6. The average Bonchev–Trinajstić information content (AvgIpc) is 3.04. The standard InChI is InChI=1S/C17H14FN3OS2/c1-11-6-2-3-7-12(11)16-20-17(24-21-16)23-10-15(22)19-14-9-5-4-8-13(14)18/h2-9H,10H2,1H3,(H,19,22). The molecule has 0 atom stereocenters. The fraction of sp³-hybridized carbons (Fsp3) is 0.118. The van der Waals surface area contributed by atoms with Crippen molar-refractivity contribution in [3.8, 4) is 11.4 Å². The number of carbonyl (C=O) groups excluding carboxylic acids is 1. The summed E-state index contributed by atoms with van der Waals surface area (Å²) in [5.74, 6) is 0.0814. The molecule has 7 heteroatoms. The fourth-order valence-corrected chi connectivity index (χ4v) is 3.49. The number of hydrogen-bond acceptors (Lipinski definition) is 5. The first-order chi connectivity index (χ1) is 11.6. The molecular weight excluding hydrogens is 345 g/mol. The Labute approximate surface area is 147 Å². The van der Waals surface area contributed by atoms with Crippen LogP contribution in [0.5, 0.6) is 0 Å². The van der Waals surface area contributed by atoms with Crippen LogP contribution in [0, 0.1) is 12.7 Å². The van der Waals surface area contributed by atoms with E-state index in [1.165, 1.54) is 35.4 Å². The molecular formula is C17H14FN3OS2. The van der Waals surface area contributed by atoms with Gasteiger partial charge in [-0.1, -0.05) is 48.2 Å². The predicted molar refractivity (Wildman–Crippen MR) is 95.8 cm³/mol. The van der Waals surface area contributed by atoms with Gasteiger partial charge in [0.1, 0.15) is 5.82 Å². The second kappa shape index (κ2) is 7.55. The molecule has 0 aliphatic heterocycles. The lowest BCUT2D eigenvalue weighted by molar-refractivity contribution is -0.113. The fourth-order valence-electron chi connectivity index (χ4n) is 2.08. The number of aromatic nitrogens is 2. The van der Waals surface area contributed by atoms with Crippen molar-refractivity contribution in [1.29, 1.82) is 0 Å². The lowest BCUT2D eigenvalue weighted by atomic mass is 10.1. The highest BCUT2D eigenvalue weighted by atomic mass is 32.2. The Morgan fingerprint density at radius 3 is 2.75 bits per heavy atom. The molecule has 0 aliphatic rings. The number of hydrogen-bond donors (Lipinski definition) is 1. The van der Waals surface area contributed by atoms with E-state index < -0.39 is 5.82 Å². The van der Waals surface area contributed by atoms with Crippen molar-refractivity contribution < 1.29 is 9.18 Å². The molecule has 0 radical (unpaired) electrons. The minimum atomic E-state index is -0.450. The Morgan fingerprint density at radius 2 is 1.96 bits per heavy atom. The molecule has 0 aliphatic carbocycles. The molecule has 0 unspecified atom stereocenters. The van der Waals surface area contributed by atoms with Crippen LogP contribution in [-0.2, 0) is 4.79 Å². The van der Waals surface area contributed by atoms with Gasteiger partial charge in [0.2, 0.25) is 5.91 Å². The third-order valence-corrected chi connectivity index (χ3v) is 5.10. The highest BCUT2D eigenvalue weighted by molar-refractivity contribution is 8.01. The summed E-state index contributed by atoms with van der Waals surface area (Å²) >= 11 is 2.54. The van der Waals surface area contributed by atoms with E-state index in [4.69, 9.17) is 0 Å². The number of nitrogens with one attached hydrogen (secondary N) is 1. The summed E-state index contributed by atoms with van der Waals surface area (Å²) in [5, 5.41) is 2.55. The van der Waals surface area contributed by atoms with Gasteiger partial charge in [-0.2, -0.15) is 4.37 Å². The quantitative estimate of drug-likeness (QED) is 0.687. The molecule has 3 aromatic rings. The third-order valence-electron chi connectivity index (χ3n) is 3.27. The number of benzene rings is 2. The van der Waals surface area contributed by atoms with E-state index in [1.54, 1.807) is 12.1 Å². The van der Waals surface area contributed by atoms with Crippen molar-refractivity contribution >= 4 is 34.9 Å². The summed E-state index contributed by atoms with van der Waals surface area (Å²) in [4.78, 5) is 16.4. The molecule has 3 rings (SSSR count). The van der Waals surface area contributed by atoms with E-state index in [2.05, 4.69) is 14.7 Å². The van der Waals surface area contributed by atoms with Crippen LogP contribution in [0.15, 0.2) is 52.9 Å². The SMILES string of the molecule is Cc1ccccc1-c1nsc(SCC(=O)Nc2ccccc2F)n1. The molecule has 24 heavy (non-hydrogen) atoms. The third kappa shape index (κ3) is 3.98. The van der Waals surface area contributed by atoms with Crippen molar-refractivity contribution in [2.75, 3.05) is 11.1 Å². The number of amides is 1. The summed E-state index contributed by atoms with van der Waals surface area (Å²) in [7, 11) is 0. The van der Waals surface area contributed by atoms with E-state index in [0.29, 0.717) is 10.2 Å². The molecule has 4 nitrogen and oxygen atoms in total. The van der Waals surface area contributed by atoms with Gasteiger partial charge < -0.3 is 5.32 Å². The Balaban J connectivity index is 1.61. The van der Waals surface area contributed by atoms with Crippen LogP contribution in [0.4, 0.5) is 10.1 Å². The van der Waals surface area contributed by atoms with Crippen molar-refractivity contribution in [1.82, 2.24) is 9.36 Å². The molecule has 1 heterocycles. The molecule has 0 spiro atoms. The van der Waals surface area contributed by atoms with Crippen LogP contribution >= 0.6 is 23.3 Å². The summed E-state index contributed by atoms with van der Waals surface area (Å²) in [6, 6.07) is 14.0. The molecule has 2 aromatic carbocycles. The van der Waals surface area contributed by atoms with Gasteiger partial charge in [0.25, 0.3) is 0 Å². The van der Waals surface area contributed by atoms with Crippen LogP contribution in [0.3, 0.4) is 0 Å². The maximum atomic E-state index is 13.5. The normalized spacial score (nSPS) is 10.6. The minimum absolute atomic E-state index is 0.150. The van der Waals surface area contributed by atoms with E-state index in [0.717, 1.165) is 11.1 Å². The lowest BCUT2D eigenvalue weighted by Crippen LogP contribution is -2.14. The van der Waals surface area contributed by atoms with Gasteiger partial charge in [0.05, 0.1) is 11.4 Å². The molecule has 0 saturated carbocycles. The molecule has 1 N–H and O–H groups in total. The molecule has 1 aromatic heterocycles. The summed E-state index contributed by atoms with van der Waals surface area (Å²) < 4.78 is 18.5. The van der Waals surface area contributed by atoms with Gasteiger partial charge in [-0.05, 0) is 36.2 Å². The van der Waals surface area contributed by atoms with Gasteiger partial charge in [-0.25, -0.2) is 9.37 Å². The van der Waals surface area contributed by atoms with E-state index >= 15 is 0 Å². The molecule has 0 bridgehead atoms. The second-order valence-electron chi connectivity index (χ2n) is 5.02. The highest BCUT2D eigenvalue weighted by Crippen LogP contribution is 2.27. The van der Waals surface area contributed by atoms with Crippen LogP contribution in [-0.4, -0.2) is 21.0 Å². The molecule has 0 saturated heterocycles. The topological polar surface area (TPSA) is 54.9 Å². The first-order valence-electron chi connectivity index (χ1n) is 7.20. The smallest absolute Gasteiger partial charge is 0.234 e. The number of thioether (sulfide) groups is 1. The van der Waals surface area contributed by atoms with Gasteiger partial charge in [-0.15, -0.1) is 0 Å². The highest BCUT2D eigenvalue weighted by Gasteiger charge is 2.12. The van der Waals surface area contributed by atoms with Crippen molar-refractivity contribution in [2.24, 2.45) is 0 Å². The van der Waals surface area contributed by atoms with E-state index in [9.17, 15) is 9.18 Å². The monoisotopic (exact) mass is 359 g/mol. The van der Waals surface area contributed by atoms with E-state index in [1.807, 2.05) is 31.2 Å². The summed E-state index contributed by atoms with van der Waals surface area (Å²) in [6.45, 7) is 2.00. The Bertz CT molecular complexity index is 866. The van der Waals surface area contributed by atoms with Crippen LogP contribution < -0.4 is 5.32 Å². The number of rotatable bonds is 5. The Hall–Kier alpha value is -2.25. The second-order valence-corrected chi connectivity index (χ2v) is 6.99. The molecule has 122 valence electrons. The zero-order chi connectivity index (χ0) is 16.9. The molecule has 0 fully saturated rings. The maximum absolute atomic E-state index is 13.5. The number of carbonyl (C=O) groups is 1. The molecule has 1 amide bonds. The lowest BCUT2D eigenvalue weighted by Gasteiger charge is -2.04. The van der Waals surface area contributed by atoms with E-state index in [-0.39, 0.29) is 17.3 Å². The summed E-state index contributed by atoms with van der Waals surface area (Å²) in [5.41, 5.74) is 2.27. The van der Waals surface area contributed by atoms with Crippen LogP contribution in [0.1, 0.15) is 5.56 Å². The Morgan fingerprint density at radius 1 is 1.21 bits per heavy atom. The number of halogens is 1. The number of para-hydroxylation sites is 1. The zero-order valence-corrected chi connectivity index (χ0v) is 14.5. The number of aryl methyl sites for hydroxylation is 1. The van der Waals surface area contributed by atoms with Crippen molar-refractivity contribution in [2.45, 2.75) is 11.3 Å². The average molecular weight is 359 g/mol. The van der Waals surface area contributed by atoms with Crippen LogP contribution in [0.25, 0.3) is 11.4 Å². The van der Waals surface area contributed by atoms with Crippen molar-refractivity contribution in [3.05, 3.63) is 59.9 Å². The Kier molecular flexibility index (Phi) is 5.22. The minimum Gasteiger partial charge on any atom is -0.323 e. The van der Waals surface area contributed by atoms with Gasteiger partial charge in [0.15, 0.2) is 10.2 Å².